The van der Waals surface area contributed by atoms with E-state index in [2.05, 4.69) is 9.55 Å². The van der Waals surface area contributed by atoms with E-state index >= 15 is 0 Å². The summed E-state index contributed by atoms with van der Waals surface area (Å²) in [6, 6.07) is 18.0. The molecule has 0 saturated carbocycles. The predicted molar refractivity (Wildman–Crippen MR) is 103 cm³/mol. The van der Waals surface area contributed by atoms with Crippen LogP contribution in [0.2, 0.25) is 0 Å². The largest absolute Gasteiger partial charge is 0.488 e. The van der Waals surface area contributed by atoms with Crippen LogP contribution < -0.4 is 4.74 Å². The Morgan fingerprint density at radius 2 is 1.79 bits per heavy atom. The van der Waals surface area contributed by atoms with Gasteiger partial charge in [0, 0.05) is 12.4 Å². The molecule has 6 heteroatoms. The molecular weight excluding hydrogens is 356 g/mol. The zero-order valence-electron chi connectivity index (χ0n) is 15.3. The predicted octanol–water partition coefficient (Wildman–Crippen LogP) is 2.83. The summed E-state index contributed by atoms with van der Waals surface area (Å²) in [6.07, 6.45) is 2.71. The molecule has 2 fully saturated rings. The van der Waals surface area contributed by atoms with Crippen molar-refractivity contribution < 1.29 is 19.3 Å². The van der Waals surface area contributed by atoms with Gasteiger partial charge in [0.25, 0.3) is 0 Å². The van der Waals surface area contributed by atoms with Gasteiger partial charge in [0.15, 0.2) is 0 Å². The Bertz CT molecular complexity index is 942. The summed E-state index contributed by atoms with van der Waals surface area (Å²) < 4.78 is 19.8. The third-order valence-corrected chi connectivity index (χ3v) is 5.39. The maximum absolute atomic E-state index is 10.0. The van der Waals surface area contributed by atoms with Gasteiger partial charge >= 0.3 is 0 Å². The van der Waals surface area contributed by atoms with Crippen LogP contribution in [-0.4, -0.2) is 46.2 Å². The lowest BCUT2D eigenvalue weighted by Gasteiger charge is -2.20. The molecule has 0 unspecified atom stereocenters. The summed E-state index contributed by atoms with van der Waals surface area (Å²) in [6.45, 7) is 1.29. The highest BCUT2D eigenvalue weighted by molar-refractivity contribution is 5.64. The number of imidazole rings is 1. The summed E-state index contributed by atoms with van der Waals surface area (Å²) in [5.74, 6) is 1.59. The molecule has 2 aliphatic rings. The quantitative estimate of drug-likeness (QED) is 0.740. The Kier molecular flexibility index (Phi) is 4.60. The average molecular weight is 378 g/mol. The maximum Gasteiger partial charge on any atom is 0.144 e. The third-order valence-electron chi connectivity index (χ3n) is 5.39. The number of aliphatic hydroxyl groups is 1. The number of aliphatic hydroxyl groups excluding tert-OH is 1. The number of aromatic nitrogens is 2. The van der Waals surface area contributed by atoms with Crippen molar-refractivity contribution in [3.63, 3.8) is 0 Å². The van der Waals surface area contributed by atoms with E-state index < -0.39 is 6.10 Å². The Morgan fingerprint density at radius 3 is 2.68 bits per heavy atom. The fourth-order valence-electron chi connectivity index (χ4n) is 4.00. The van der Waals surface area contributed by atoms with E-state index in [4.69, 9.17) is 14.2 Å². The highest BCUT2D eigenvalue weighted by Crippen LogP contribution is 2.38. The van der Waals surface area contributed by atoms with Gasteiger partial charge in [-0.05, 0) is 17.7 Å². The second kappa shape index (κ2) is 7.39. The lowest BCUT2D eigenvalue weighted by Crippen LogP contribution is -2.30. The molecular formula is C22H22N2O4. The SMILES string of the molecule is O[C@@H]1CO[C@H]2[C@@H]1OC[C@@H]2n1ccnc1-c1ccccc1OCc1ccccc1. The molecule has 1 N–H and O–H groups in total. The molecule has 0 amide bonds. The zero-order chi connectivity index (χ0) is 18.9. The topological polar surface area (TPSA) is 65.7 Å². The molecule has 4 atom stereocenters. The van der Waals surface area contributed by atoms with Gasteiger partial charge in [-0.15, -0.1) is 0 Å². The van der Waals surface area contributed by atoms with Crippen LogP contribution in [0.1, 0.15) is 11.6 Å². The molecule has 0 bridgehead atoms. The second-order valence-electron chi connectivity index (χ2n) is 7.16. The van der Waals surface area contributed by atoms with Crippen LogP contribution in [0, 0.1) is 0 Å². The molecule has 6 nitrogen and oxygen atoms in total. The summed E-state index contributed by atoms with van der Waals surface area (Å²) >= 11 is 0. The summed E-state index contributed by atoms with van der Waals surface area (Å²) in [4.78, 5) is 4.59. The normalized spacial score (nSPS) is 26.3. The molecule has 0 aliphatic carbocycles. The van der Waals surface area contributed by atoms with E-state index in [1.807, 2.05) is 60.8 Å². The van der Waals surface area contributed by atoms with Gasteiger partial charge in [0.2, 0.25) is 0 Å². The van der Waals surface area contributed by atoms with E-state index in [1.54, 1.807) is 6.20 Å². The first-order valence-corrected chi connectivity index (χ1v) is 9.51. The highest BCUT2D eigenvalue weighted by atomic mass is 16.6. The number of para-hydroxylation sites is 1. The summed E-state index contributed by atoms with van der Waals surface area (Å²) in [5, 5.41) is 10.0. The summed E-state index contributed by atoms with van der Waals surface area (Å²) in [7, 11) is 0. The van der Waals surface area contributed by atoms with Crippen LogP contribution in [-0.2, 0) is 16.1 Å². The maximum atomic E-state index is 10.0. The van der Waals surface area contributed by atoms with E-state index in [1.165, 1.54) is 0 Å². The molecule has 5 rings (SSSR count). The van der Waals surface area contributed by atoms with Crippen LogP contribution in [0.15, 0.2) is 67.0 Å². The molecule has 2 aromatic carbocycles. The number of hydrogen-bond donors (Lipinski definition) is 1. The van der Waals surface area contributed by atoms with Crippen molar-refractivity contribution in [2.75, 3.05) is 13.2 Å². The smallest absolute Gasteiger partial charge is 0.144 e. The number of nitrogens with zero attached hydrogens (tertiary/aromatic N) is 2. The summed E-state index contributed by atoms with van der Waals surface area (Å²) in [5.41, 5.74) is 2.03. The fraction of sp³-hybridized carbons (Fsp3) is 0.318. The van der Waals surface area contributed by atoms with Crippen molar-refractivity contribution in [3.8, 4) is 17.1 Å². The Hall–Kier alpha value is -2.67. The van der Waals surface area contributed by atoms with Crippen LogP contribution in [0.5, 0.6) is 5.75 Å². The fourth-order valence-corrected chi connectivity index (χ4v) is 4.00. The third kappa shape index (κ3) is 3.09. The van der Waals surface area contributed by atoms with Crippen LogP contribution in [0.3, 0.4) is 0 Å². The van der Waals surface area contributed by atoms with Gasteiger partial charge in [0.05, 0.1) is 24.8 Å². The molecule has 3 aromatic rings. The average Bonchev–Trinajstić information content (AvgIpc) is 3.45. The number of hydrogen-bond acceptors (Lipinski definition) is 5. The van der Waals surface area contributed by atoms with Crippen LogP contribution >= 0.6 is 0 Å². The van der Waals surface area contributed by atoms with Crippen molar-refractivity contribution in [3.05, 3.63) is 72.6 Å². The van der Waals surface area contributed by atoms with Gasteiger partial charge in [-0.25, -0.2) is 4.98 Å². The second-order valence-corrected chi connectivity index (χ2v) is 7.16. The standard InChI is InChI=1S/C22H22N2O4/c25-18-14-28-20-17(13-27-21(18)20)24-11-10-23-22(24)16-8-4-5-9-19(16)26-12-15-6-2-1-3-7-15/h1-11,17-18,20-21,25H,12-14H2/t17-,18+,20+,21+/m0/s1. The van der Waals surface area contributed by atoms with Crippen molar-refractivity contribution in [1.29, 1.82) is 0 Å². The van der Waals surface area contributed by atoms with E-state index in [9.17, 15) is 5.11 Å². The number of ether oxygens (including phenoxy) is 3. The van der Waals surface area contributed by atoms with Crippen molar-refractivity contribution in [2.24, 2.45) is 0 Å². The van der Waals surface area contributed by atoms with E-state index in [0.717, 1.165) is 22.7 Å². The van der Waals surface area contributed by atoms with Crippen molar-refractivity contribution in [1.82, 2.24) is 9.55 Å². The number of rotatable bonds is 5. The first-order chi connectivity index (χ1) is 13.8. The molecule has 28 heavy (non-hydrogen) atoms. The van der Waals surface area contributed by atoms with E-state index in [-0.39, 0.29) is 18.2 Å². The Morgan fingerprint density at radius 1 is 1.00 bits per heavy atom. The lowest BCUT2D eigenvalue weighted by atomic mass is 10.1. The Labute approximate surface area is 163 Å². The molecule has 2 saturated heterocycles. The van der Waals surface area contributed by atoms with Gasteiger partial charge in [-0.1, -0.05) is 42.5 Å². The molecule has 0 radical (unpaired) electrons. The zero-order valence-corrected chi connectivity index (χ0v) is 15.3. The number of benzene rings is 2. The Balaban J connectivity index is 1.43. The van der Waals surface area contributed by atoms with Crippen LogP contribution in [0.25, 0.3) is 11.4 Å². The number of fused-ring (bicyclic) bond motifs is 1. The van der Waals surface area contributed by atoms with Gasteiger partial charge < -0.3 is 23.9 Å². The molecule has 144 valence electrons. The van der Waals surface area contributed by atoms with Crippen molar-refractivity contribution >= 4 is 0 Å². The first kappa shape index (κ1) is 17.4. The van der Waals surface area contributed by atoms with E-state index in [0.29, 0.717) is 19.8 Å². The van der Waals surface area contributed by atoms with Gasteiger partial charge in [-0.2, -0.15) is 0 Å². The minimum Gasteiger partial charge on any atom is -0.488 e. The molecule has 1 aromatic heterocycles. The highest BCUT2D eigenvalue weighted by Gasteiger charge is 2.48. The monoisotopic (exact) mass is 378 g/mol. The molecule has 0 spiro atoms. The van der Waals surface area contributed by atoms with Gasteiger partial charge in [0.1, 0.15) is 36.5 Å². The molecule has 3 heterocycles. The van der Waals surface area contributed by atoms with Gasteiger partial charge in [-0.3, -0.25) is 0 Å². The minimum absolute atomic E-state index is 0.0261. The molecule has 2 aliphatic heterocycles. The lowest BCUT2D eigenvalue weighted by molar-refractivity contribution is 0.0172. The van der Waals surface area contributed by atoms with Crippen molar-refractivity contribution in [2.45, 2.75) is 31.0 Å². The first-order valence-electron chi connectivity index (χ1n) is 9.51. The van der Waals surface area contributed by atoms with Crippen LogP contribution in [0.4, 0.5) is 0 Å². The minimum atomic E-state index is -0.566.